The van der Waals surface area contributed by atoms with Gasteiger partial charge in [-0.05, 0) is 20.3 Å². The lowest BCUT2D eigenvalue weighted by atomic mass is 10.2. The van der Waals surface area contributed by atoms with Crippen LogP contribution in [-0.4, -0.2) is 24.7 Å². The molecule has 0 amide bonds. The van der Waals surface area contributed by atoms with Gasteiger partial charge in [0.2, 0.25) is 0 Å². The van der Waals surface area contributed by atoms with Crippen molar-refractivity contribution in [2.75, 3.05) is 6.61 Å². The van der Waals surface area contributed by atoms with E-state index in [-0.39, 0.29) is 5.72 Å². The van der Waals surface area contributed by atoms with E-state index in [0.717, 1.165) is 19.3 Å². The van der Waals surface area contributed by atoms with Gasteiger partial charge in [-0.2, -0.15) is 0 Å². The lowest BCUT2D eigenvalue weighted by molar-refractivity contribution is -0.108. The highest BCUT2D eigenvalue weighted by Crippen LogP contribution is 2.16. The molecular formula is C8H15NO2. The molecule has 0 aromatic carbocycles. The molecule has 0 aromatic rings. The van der Waals surface area contributed by atoms with E-state index in [2.05, 4.69) is 5.32 Å². The molecule has 0 radical (unpaired) electrons. The Kier molecular flexibility index (Phi) is 2.62. The van der Waals surface area contributed by atoms with Crippen LogP contribution in [0.2, 0.25) is 0 Å². The van der Waals surface area contributed by atoms with Crippen LogP contribution >= 0.6 is 0 Å². The van der Waals surface area contributed by atoms with Gasteiger partial charge in [0.05, 0.1) is 6.61 Å². The Morgan fingerprint density at radius 3 is 2.91 bits per heavy atom. The first-order valence-corrected chi connectivity index (χ1v) is 3.99. The molecule has 0 aliphatic carbocycles. The standard InChI is InChI=1S/C8H15NO2/c1-8(2)9-7(6-11-8)4-3-5-10/h5,7,9H,3-4,6H2,1-2H3/t7-/m0/s1. The first-order valence-electron chi connectivity index (χ1n) is 3.99. The summed E-state index contributed by atoms with van der Waals surface area (Å²) in [5.41, 5.74) is -0.201. The topological polar surface area (TPSA) is 38.3 Å². The van der Waals surface area contributed by atoms with Crippen molar-refractivity contribution in [2.24, 2.45) is 0 Å². The quantitative estimate of drug-likeness (QED) is 0.612. The van der Waals surface area contributed by atoms with E-state index >= 15 is 0 Å². The summed E-state index contributed by atoms with van der Waals surface area (Å²) in [6, 6.07) is 0.357. The third-order valence-electron chi connectivity index (χ3n) is 1.83. The molecule has 0 bridgehead atoms. The molecule has 1 rings (SSSR count). The molecule has 3 nitrogen and oxygen atoms in total. The Morgan fingerprint density at radius 2 is 2.45 bits per heavy atom. The van der Waals surface area contributed by atoms with E-state index < -0.39 is 0 Å². The van der Waals surface area contributed by atoms with Gasteiger partial charge < -0.3 is 9.53 Å². The first-order chi connectivity index (χ1) is 5.14. The average molecular weight is 157 g/mol. The van der Waals surface area contributed by atoms with Gasteiger partial charge in [-0.15, -0.1) is 0 Å². The summed E-state index contributed by atoms with van der Waals surface area (Å²) in [5.74, 6) is 0. The second-order valence-corrected chi connectivity index (χ2v) is 3.41. The fourth-order valence-electron chi connectivity index (χ4n) is 1.31. The molecule has 1 heterocycles. The van der Waals surface area contributed by atoms with Gasteiger partial charge >= 0.3 is 0 Å². The normalized spacial score (nSPS) is 28.7. The van der Waals surface area contributed by atoms with Crippen molar-refractivity contribution in [3.63, 3.8) is 0 Å². The Morgan fingerprint density at radius 1 is 1.73 bits per heavy atom. The number of hydrogen-bond acceptors (Lipinski definition) is 3. The highest BCUT2D eigenvalue weighted by molar-refractivity contribution is 5.49. The van der Waals surface area contributed by atoms with Crippen LogP contribution in [0.5, 0.6) is 0 Å². The molecule has 1 saturated heterocycles. The summed E-state index contributed by atoms with van der Waals surface area (Å²) in [7, 11) is 0. The Bertz CT molecular complexity index is 145. The predicted molar refractivity (Wildman–Crippen MR) is 42.3 cm³/mol. The van der Waals surface area contributed by atoms with E-state index in [0.29, 0.717) is 12.5 Å². The van der Waals surface area contributed by atoms with Crippen molar-refractivity contribution < 1.29 is 9.53 Å². The van der Waals surface area contributed by atoms with Crippen molar-refractivity contribution >= 4 is 6.29 Å². The van der Waals surface area contributed by atoms with Crippen molar-refractivity contribution in [1.82, 2.24) is 5.32 Å². The molecule has 3 heteroatoms. The molecular weight excluding hydrogens is 142 g/mol. The van der Waals surface area contributed by atoms with E-state index in [1.165, 1.54) is 0 Å². The monoisotopic (exact) mass is 157 g/mol. The van der Waals surface area contributed by atoms with Crippen molar-refractivity contribution in [1.29, 1.82) is 0 Å². The van der Waals surface area contributed by atoms with Crippen LogP contribution in [0.4, 0.5) is 0 Å². The smallest absolute Gasteiger partial charge is 0.120 e. The van der Waals surface area contributed by atoms with Crippen LogP contribution < -0.4 is 5.32 Å². The lowest BCUT2D eigenvalue weighted by Gasteiger charge is -2.17. The third kappa shape index (κ3) is 2.60. The van der Waals surface area contributed by atoms with E-state index in [1.54, 1.807) is 0 Å². The van der Waals surface area contributed by atoms with E-state index in [9.17, 15) is 4.79 Å². The van der Waals surface area contributed by atoms with Crippen LogP contribution in [0.25, 0.3) is 0 Å². The van der Waals surface area contributed by atoms with Crippen LogP contribution in [0.3, 0.4) is 0 Å². The second-order valence-electron chi connectivity index (χ2n) is 3.41. The number of carbonyl (C=O) groups excluding carboxylic acids is 1. The SMILES string of the molecule is CC1(C)N[C@@H](CCC=O)CO1. The zero-order valence-electron chi connectivity index (χ0n) is 7.09. The maximum Gasteiger partial charge on any atom is 0.120 e. The highest BCUT2D eigenvalue weighted by atomic mass is 16.5. The van der Waals surface area contributed by atoms with Gasteiger partial charge in [0, 0.05) is 12.5 Å². The van der Waals surface area contributed by atoms with E-state index in [4.69, 9.17) is 4.74 Å². The minimum atomic E-state index is -0.201. The summed E-state index contributed by atoms with van der Waals surface area (Å²) < 4.78 is 5.42. The highest BCUT2D eigenvalue weighted by Gasteiger charge is 2.29. The molecule has 1 fully saturated rings. The van der Waals surface area contributed by atoms with Crippen LogP contribution in [0, 0.1) is 0 Å². The molecule has 1 aliphatic heterocycles. The molecule has 11 heavy (non-hydrogen) atoms. The summed E-state index contributed by atoms with van der Waals surface area (Å²) in [5, 5.41) is 3.28. The van der Waals surface area contributed by atoms with Gasteiger partial charge in [-0.3, -0.25) is 5.32 Å². The van der Waals surface area contributed by atoms with Gasteiger partial charge in [-0.1, -0.05) is 0 Å². The summed E-state index contributed by atoms with van der Waals surface area (Å²) >= 11 is 0. The maximum atomic E-state index is 10.1. The van der Waals surface area contributed by atoms with Gasteiger partial charge in [0.25, 0.3) is 0 Å². The molecule has 0 unspecified atom stereocenters. The largest absolute Gasteiger partial charge is 0.360 e. The number of ether oxygens (including phenoxy) is 1. The summed E-state index contributed by atoms with van der Waals surface area (Å²) in [4.78, 5) is 10.1. The van der Waals surface area contributed by atoms with E-state index in [1.807, 2.05) is 13.8 Å². The van der Waals surface area contributed by atoms with Crippen LogP contribution in [-0.2, 0) is 9.53 Å². The molecule has 0 saturated carbocycles. The summed E-state index contributed by atoms with van der Waals surface area (Å²) in [6.07, 6.45) is 2.46. The third-order valence-corrected chi connectivity index (χ3v) is 1.83. The first kappa shape index (κ1) is 8.68. The number of carbonyl (C=O) groups is 1. The van der Waals surface area contributed by atoms with Crippen LogP contribution in [0.15, 0.2) is 0 Å². The fraction of sp³-hybridized carbons (Fsp3) is 0.875. The Hall–Kier alpha value is -0.410. The van der Waals surface area contributed by atoms with Crippen molar-refractivity contribution in [3.8, 4) is 0 Å². The molecule has 1 N–H and O–H groups in total. The maximum absolute atomic E-state index is 10.1. The fourth-order valence-corrected chi connectivity index (χ4v) is 1.31. The minimum Gasteiger partial charge on any atom is -0.360 e. The average Bonchev–Trinajstić information content (AvgIpc) is 2.26. The number of aldehydes is 1. The molecule has 0 spiro atoms. The van der Waals surface area contributed by atoms with Gasteiger partial charge in [0.15, 0.2) is 0 Å². The van der Waals surface area contributed by atoms with Crippen molar-refractivity contribution in [2.45, 2.75) is 38.5 Å². The molecule has 64 valence electrons. The molecule has 1 aliphatic rings. The number of hydrogen-bond donors (Lipinski definition) is 1. The summed E-state index contributed by atoms with van der Waals surface area (Å²) in [6.45, 7) is 4.71. The van der Waals surface area contributed by atoms with Gasteiger partial charge in [-0.25, -0.2) is 0 Å². The van der Waals surface area contributed by atoms with Crippen LogP contribution in [0.1, 0.15) is 26.7 Å². The predicted octanol–water partition coefficient (Wildman–Crippen LogP) is 0.690. The Balaban J connectivity index is 2.24. The molecule has 1 atom stereocenters. The lowest BCUT2D eigenvalue weighted by Crippen LogP contribution is -2.38. The molecule has 0 aromatic heterocycles. The zero-order chi connectivity index (χ0) is 8.32. The Labute approximate surface area is 67.1 Å². The zero-order valence-corrected chi connectivity index (χ0v) is 7.09. The second kappa shape index (κ2) is 3.32. The van der Waals surface area contributed by atoms with Gasteiger partial charge in [0.1, 0.15) is 12.0 Å². The van der Waals surface area contributed by atoms with Crippen molar-refractivity contribution in [3.05, 3.63) is 0 Å². The number of rotatable bonds is 3. The minimum absolute atomic E-state index is 0.201. The number of nitrogens with one attached hydrogen (secondary N) is 1.